The standard InChI is InChI=1S/C46H39N/c1-45(2)42-28-25-36(35-20-13-19-34(29-35)32-15-7-5-8-16-32)30-41(42)40-27-26-38(31-43(40)46(45,3)4)47(37-21-9-6-10-22-37)44-24-14-18-33-17-11-12-23-39(33)44/h5-31H,1-4H3. The van der Waals surface area contributed by atoms with Gasteiger partial charge in [-0.1, -0.05) is 149 Å². The average molecular weight is 606 g/mol. The lowest BCUT2D eigenvalue weighted by Crippen LogP contribution is -2.43. The van der Waals surface area contributed by atoms with Crippen LogP contribution in [0.2, 0.25) is 0 Å². The molecule has 0 N–H and O–H groups in total. The number of para-hydroxylation sites is 1. The van der Waals surface area contributed by atoms with Crippen LogP contribution in [0, 0.1) is 0 Å². The molecule has 0 aliphatic heterocycles. The highest BCUT2D eigenvalue weighted by atomic mass is 15.1. The summed E-state index contributed by atoms with van der Waals surface area (Å²) in [7, 11) is 0. The Morgan fingerprint density at radius 3 is 1.77 bits per heavy atom. The molecule has 1 aliphatic rings. The maximum atomic E-state index is 2.46. The minimum absolute atomic E-state index is 0.0879. The first-order valence-corrected chi connectivity index (χ1v) is 16.6. The summed E-state index contributed by atoms with van der Waals surface area (Å²) in [5.41, 5.74) is 13.7. The second-order valence-electron chi connectivity index (χ2n) is 13.9. The molecule has 0 aromatic heterocycles. The molecule has 1 aliphatic carbocycles. The topological polar surface area (TPSA) is 3.24 Å². The fourth-order valence-electron chi connectivity index (χ4n) is 7.50. The lowest BCUT2D eigenvalue weighted by Gasteiger charge is -2.48. The van der Waals surface area contributed by atoms with Crippen LogP contribution in [0.5, 0.6) is 0 Å². The van der Waals surface area contributed by atoms with Gasteiger partial charge in [0.15, 0.2) is 0 Å². The van der Waals surface area contributed by atoms with Crippen LogP contribution in [0.3, 0.4) is 0 Å². The number of hydrogen-bond donors (Lipinski definition) is 0. The third-order valence-corrected chi connectivity index (χ3v) is 10.8. The maximum Gasteiger partial charge on any atom is 0.0540 e. The van der Waals surface area contributed by atoms with Crippen molar-refractivity contribution >= 4 is 27.8 Å². The molecular formula is C46H39N. The third-order valence-electron chi connectivity index (χ3n) is 10.8. The number of benzene rings is 7. The lowest BCUT2D eigenvalue weighted by atomic mass is 9.55. The molecule has 0 heterocycles. The van der Waals surface area contributed by atoms with Crippen LogP contribution in [0.15, 0.2) is 164 Å². The molecule has 1 heteroatoms. The van der Waals surface area contributed by atoms with Crippen LogP contribution in [0.25, 0.3) is 44.2 Å². The van der Waals surface area contributed by atoms with Crippen molar-refractivity contribution in [2.45, 2.75) is 38.5 Å². The van der Waals surface area contributed by atoms with Gasteiger partial charge in [0.25, 0.3) is 0 Å². The van der Waals surface area contributed by atoms with Gasteiger partial charge in [-0.05, 0) is 103 Å². The molecule has 47 heavy (non-hydrogen) atoms. The van der Waals surface area contributed by atoms with Gasteiger partial charge >= 0.3 is 0 Å². The van der Waals surface area contributed by atoms with Crippen molar-refractivity contribution in [1.29, 1.82) is 0 Å². The first kappa shape index (κ1) is 29.0. The quantitative estimate of drug-likeness (QED) is 0.189. The molecule has 0 fully saturated rings. The van der Waals surface area contributed by atoms with E-state index >= 15 is 0 Å². The van der Waals surface area contributed by atoms with E-state index in [1.165, 1.54) is 66.7 Å². The molecule has 0 saturated carbocycles. The Morgan fingerprint density at radius 1 is 0.383 bits per heavy atom. The van der Waals surface area contributed by atoms with Crippen molar-refractivity contribution in [3.63, 3.8) is 0 Å². The second kappa shape index (κ2) is 11.1. The minimum Gasteiger partial charge on any atom is -0.310 e. The lowest BCUT2D eigenvalue weighted by molar-refractivity contribution is 0.299. The number of nitrogens with zero attached hydrogens (tertiary/aromatic N) is 1. The number of fused-ring (bicyclic) bond motifs is 4. The Labute approximate surface area is 278 Å². The zero-order valence-electron chi connectivity index (χ0n) is 27.5. The van der Waals surface area contributed by atoms with Crippen LogP contribution in [-0.2, 0) is 10.8 Å². The molecule has 0 amide bonds. The van der Waals surface area contributed by atoms with Crippen molar-refractivity contribution in [3.8, 4) is 33.4 Å². The highest BCUT2D eigenvalue weighted by molar-refractivity contribution is 5.99. The molecule has 0 unspecified atom stereocenters. The molecule has 228 valence electrons. The normalized spacial score (nSPS) is 14.3. The smallest absolute Gasteiger partial charge is 0.0540 e. The third kappa shape index (κ3) is 4.77. The van der Waals surface area contributed by atoms with E-state index in [0.717, 1.165) is 5.69 Å². The van der Waals surface area contributed by atoms with Crippen LogP contribution < -0.4 is 4.90 Å². The maximum absolute atomic E-state index is 2.46. The Hall–Kier alpha value is -5.40. The molecule has 1 nitrogen and oxygen atoms in total. The minimum atomic E-state index is -0.110. The molecule has 0 bridgehead atoms. The molecule has 0 radical (unpaired) electrons. The van der Waals surface area contributed by atoms with Gasteiger partial charge in [0.1, 0.15) is 0 Å². The van der Waals surface area contributed by atoms with E-state index in [0.29, 0.717) is 0 Å². The SMILES string of the molecule is CC1(C)c2ccc(-c3cccc(-c4ccccc4)c3)cc2-c2ccc(N(c3ccccc3)c3cccc4ccccc34)cc2C1(C)C. The zero-order valence-corrected chi connectivity index (χ0v) is 27.5. The van der Waals surface area contributed by atoms with Crippen LogP contribution in [0.1, 0.15) is 38.8 Å². The van der Waals surface area contributed by atoms with Crippen molar-refractivity contribution in [3.05, 3.63) is 175 Å². The largest absolute Gasteiger partial charge is 0.310 e. The van der Waals surface area contributed by atoms with Crippen molar-refractivity contribution in [2.75, 3.05) is 4.90 Å². The number of hydrogen-bond acceptors (Lipinski definition) is 1. The summed E-state index contributed by atoms with van der Waals surface area (Å²) in [6.45, 7) is 9.66. The second-order valence-corrected chi connectivity index (χ2v) is 13.9. The van der Waals surface area contributed by atoms with E-state index in [1.807, 2.05) is 0 Å². The van der Waals surface area contributed by atoms with Crippen molar-refractivity contribution in [1.82, 2.24) is 0 Å². The number of rotatable bonds is 5. The van der Waals surface area contributed by atoms with Crippen LogP contribution in [0.4, 0.5) is 17.1 Å². The van der Waals surface area contributed by atoms with E-state index in [1.54, 1.807) is 0 Å². The van der Waals surface area contributed by atoms with Gasteiger partial charge in [-0.25, -0.2) is 0 Å². The van der Waals surface area contributed by atoms with E-state index in [2.05, 4.69) is 196 Å². The van der Waals surface area contributed by atoms with Gasteiger partial charge < -0.3 is 4.90 Å². The van der Waals surface area contributed by atoms with Gasteiger partial charge in [-0.2, -0.15) is 0 Å². The summed E-state index contributed by atoms with van der Waals surface area (Å²) < 4.78 is 0. The Bertz CT molecular complexity index is 2240. The average Bonchev–Trinajstić information content (AvgIpc) is 3.12. The van der Waals surface area contributed by atoms with Gasteiger partial charge in [0, 0.05) is 16.8 Å². The highest BCUT2D eigenvalue weighted by Crippen LogP contribution is 2.55. The van der Waals surface area contributed by atoms with Gasteiger partial charge in [-0.15, -0.1) is 0 Å². The van der Waals surface area contributed by atoms with E-state index < -0.39 is 0 Å². The fourth-order valence-corrected chi connectivity index (χ4v) is 7.50. The van der Waals surface area contributed by atoms with Crippen LogP contribution in [-0.4, -0.2) is 0 Å². The summed E-state index contributed by atoms with van der Waals surface area (Å²) in [5.74, 6) is 0. The Kier molecular flexibility index (Phi) is 6.88. The summed E-state index contributed by atoms with van der Waals surface area (Å²) in [6, 6.07) is 59.9. The van der Waals surface area contributed by atoms with E-state index in [9.17, 15) is 0 Å². The monoisotopic (exact) mass is 605 g/mol. The number of anilines is 3. The molecule has 7 aromatic carbocycles. The Morgan fingerprint density at radius 2 is 0.979 bits per heavy atom. The first-order valence-electron chi connectivity index (χ1n) is 16.6. The summed E-state index contributed by atoms with van der Waals surface area (Å²) in [5, 5.41) is 2.48. The van der Waals surface area contributed by atoms with Gasteiger partial charge in [0.05, 0.1) is 5.69 Å². The predicted molar refractivity (Wildman–Crippen MR) is 201 cm³/mol. The molecule has 7 aromatic rings. The highest BCUT2D eigenvalue weighted by Gasteiger charge is 2.46. The summed E-state index contributed by atoms with van der Waals surface area (Å²) in [4.78, 5) is 2.42. The van der Waals surface area contributed by atoms with E-state index in [4.69, 9.17) is 0 Å². The molecule has 0 saturated heterocycles. The van der Waals surface area contributed by atoms with Crippen molar-refractivity contribution < 1.29 is 0 Å². The molecular weight excluding hydrogens is 567 g/mol. The summed E-state index contributed by atoms with van der Waals surface area (Å²) in [6.07, 6.45) is 0. The van der Waals surface area contributed by atoms with Gasteiger partial charge in [0.2, 0.25) is 0 Å². The summed E-state index contributed by atoms with van der Waals surface area (Å²) >= 11 is 0. The predicted octanol–water partition coefficient (Wildman–Crippen LogP) is 12.9. The molecule has 8 rings (SSSR count). The Balaban J connectivity index is 1.30. The molecule has 0 atom stereocenters. The van der Waals surface area contributed by atoms with Crippen LogP contribution >= 0.6 is 0 Å². The van der Waals surface area contributed by atoms with Gasteiger partial charge in [-0.3, -0.25) is 0 Å². The van der Waals surface area contributed by atoms with Crippen molar-refractivity contribution in [2.24, 2.45) is 0 Å². The molecule has 0 spiro atoms. The fraction of sp³-hybridized carbons (Fsp3) is 0.130. The zero-order chi connectivity index (χ0) is 32.2. The first-order chi connectivity index (χ1) is 22.8. The van der Waals surface area contributed by atoms with E-state index in [-0.39, 0.29) is 10.8 Å².